The summed E-state index contributed by atoms with van der Waals surface area (Å²) in [4.78, 5) is 12.7. The average Bonchev–Trinajstić information content (AvgIpc) is 2.48. The Morgan fingerprint density at radius 3 is 2.43 bits per heavy atom. The lowest BCUT2D eigenvalue weighted by Gasteiger charge is -2.13. The fourth-order valence-electron chi connectivity index (χ4n) is 2.03. The molecule has 0 heterocycles. The molecule has 0 aromatic heterocycles. The number of ether oxygens (including phenoxy) is 2. The van der Waals surface area contributed by atoms with Crippen LogP contribution < -0.4 is 9.47 Å². The number of benzene rings is 2. The second kappa shape index (κ2) is 6.26. The summed E-state index contributed by atoms with van der Waals surface area (Å²) >= 11 is 3.37. The van der Waals surface area contributed by atoms with Gasteiger partial charge in [0.1, 0.15) is 22.9 Å². The Kier molecular flexibility index (Phi) is 4.63. The molecule has 2 rings (SSSR count). The van der Waals surface area contributed by atoms with Gasteiger partial charge in [0.2, 0.25) is 5.78 Å². The predicted molar refractivity (Wildman–Crippen MR) is 81.8 cm³/mol. The molecule has 0 aliphatic rings. The first-order valence-corrected chi connectivity index (χ1v) is 7.00. The topological polar surface area (TPSA) is 35.5 Å². The minimum Gasteiger partial charge on any atom is -0.496 e. The lowest BCUT2D eigenvalue weighted by Crippen LogP contribution is -2.09. The molecule has 110 valence electrons. The van der Waals surface area contributed by atoms with Crippen molar-refractivity contribution in [1.82, 2.24) is 0 Å². The van der Waals surface area contributed by atoms with E-state index in [1.807, 2.05) is 6.92 Å². The second-order valence-electron chi connectivity index (χ2n) is 4.45. The number of halogens is 2. The van der Waals surface area contributed by atoms with Crippen LogP contribution in [0.1, 0.15) is 21.5 Å². The maximum absolute atomic E-state index is 14.0. The monoisotopic (exact) mass is 352 g/mol. The molecule has 0 aliphatic carbocycles. The summed E-state index contributed by atoms with van der Waals surface area (Å²) in [5.74, 6) is -0.523. The van der Waals surface area contributed by atoms with Crippen molar-refractivity contribution < 1.29 is 18.7 Å². The van der Waals surface area contributed by atoms with Crippen LogP contribution >= 0.6 is 15.9 Å². The molecule has 0 radical (unpaired) electrons. The summed E-state index contributed by atoms with van der Waals surface area (Å²) in [5, 5.41) is 0. The van der Waals surface area contributed by atoms with Crippen LogP contribution in [-0.2, 0) is 0 Å². The maximum atomic E-state index is 14.0. The predicted octanol–water partition coefficient (Wildman–Crippen LogP) is 4.14. The van der Waals surface area contributed by atoms with Crippen molar-refractivity contribution >= 4 is 21.7 Å². The van der Waals surface area contributed by atoms with Crippen LogP contribution in [0.3, 0.4) is 0 Å². The van der Waals surface area contributed by atoms with E-state index < -0.39 is 11.6 Å². The van der Waals surface area contributed by atoms with Gasteiger partial charge in [0.25, 0.3) is 0 Å². The smallest absolute Gasteiger partial charge is 0.203 e. The molecule has 0 aliphatic heterocycles. The van der Waals surface area contributed by atoms with Crippen molar-refractivity contribution in [3.63, 3.8) is 0 Å². The highest BCUT2D eigenvalue weighted by molar-refractivity contribution is 9.10. The van der Waals surface area contributed by atoms with Gasteiger partial charge in [-0.2, -0.15) is 0 Å². The molecule has 0 saturated carbocycles. The number of methoxy groups -OCH3 is 2. The minimum atomic E-state index is -0.627. The largest absolute Gasteiger partial charge is 0.496 e. The number of aryl methyl sites for hydroxylation is 1. The Morgan fingerprint density at radius 2 is 1.81 bits per heavy atom. The highest BCUT2D eigenvalue weighted by Crippen LogP contribution is 2.32. The number of ketones is 1. The quantitative estimate of drug-likeness (QED) is 0.775. The molecular weight excluding hydrogens is 339 g/mol. The van der Waals surface area contributed by atoms with Gasteiger partial charge < -0.3 is 9.47 Å². The van der Waals surface area contributed by atoms with Crippen molar-refractivity contribution in [2.45, 2.75) is 6.92 Å². The summed E-state index contributed by atoms with van der Waals surface area (Å²) < 4.78 is 25.1. The molecule has 0 atom stereocenters. The molecular formula is C16H14BrFO3. The van der Waals surface area contributed by atoms with Crippen LogP contribution in [0, 0.1) is 12.7 Å². The summed E-state index contributed by atoms with van der Waals surface area (Å²) in [5.41, 5.74) is 1.09. The SMILES string of the molecule is COc1cc(C)c(Br)cc1C(=O)c1c(F)cccc1OC. The van der Waals surface area contributed by atoms with Crippen LogP contribution in [0.4, 0.5) is 4.39 Å². The number of carbonyl (C=O) groups is 1. The Balaban J connectivity index is 2.63. The van der Waals surface area contributed by atoms with Crippen LogP contribution in [0.15, 0.2) is 34.8 Å². The Morgan fingerprint density at radius 1 is 1.14 bits per heavy atom. The zero-order valence-electron chi connectivity index (χ0n) is 11.9. The van der Waals surface area contributed by atoms with Gasteiger partial charge >= 0.3 is 0 Å². The molecule has 2 aromatic carbocycles. The molecule has 0 spiro atoms. The number of rotatable bonds is 4. The molecule has 0 bridgehead atoms. The van der Waals surface area contributed by atoms with E-state index in [-0.39, 0.29) is 16.9 Å². The van der Waals surface area contributed by atoms with E-state index in [2.05, 4.69) is 15.9 Å². The van der Waals surface area contributed by atoms with Crippen molar-refractivity contribution in [1.29, 1.82) is 0 Å². The summed E-state index contributed by atoms with van der Waals surface area (Å²) in [6, 6.07) is 7.62. The molecule has 0 unspecified atom stereocenters. The Labute approximate surface area is 130 Å². The van der Waals surface area contributed by atoms with E-state index in [1.165, 1.54) is 26.4 Å². The fraction of sp³-hybridized carbons (Fsp3) is 0.188. The third-order valence-electron chi connectivity index (χ3n) is 3.15. The van der Waals surface area contributed by atoms with E-state index in [0.29, 0.717) is 5.75 Å². The van der Waals surface area contributed by atoms with Gasteiger partial charge in [0.15, 0.2) is 0 Å². The number of hydrogen-bond donors (Lipinski definition) is 0. The lowest BCUT2D eigenvalue weighted by atomic mass is 9.99. The Bertz CT molecular complexity index is 698. The van der Waals surface area contributed by atoms with E-state index in [1.54, 1.807) is 18.2 Å². The van der Waals surface area contributed by atoms with E-state index in [4.69, 9.17) is 9.47 Å². The third-order valence-corrected chi connectivity index (χ3v) is 4.00. The molecule has 5 heteroatoms. The van der Waals surface area contributed by atoms with Crippen molar-refractivity contribution in [2.75, 3.05) is 14.2 Å². The molecule has 0 fully saturated rings. The molecule has 0 saturated heterocycles. The summed E-state index contributed by atoms with van der Waals surface area (Å²) in [6.07, 6.45) is 0. The molecule has 21 heavy (non-hydrogen) atoms. The maximum Gasteiger partial charge on any atom is 0.203 e. The van der Waals surface area contributed by atoms with Gasteiger partial charge in [-0.3, -0.25) is 4.79 Å². The van der Waals surface area contributed by atoms with Crippen LogP contribution in [0.25, 0.3) is 0 Å². The van der Waals surface area contributed by atoms with Crippen molar-refractivity contribution in [3.8, 4) is 11.5 Å². The summed E-state index contributed by atoms with van der Waals surface area (Å²) in [6.45, 7) is 1.88. The lowest BCUT2D eigenvalue weighted by molar-refractivity contribution is 0.102. The second-order valence-corrected chi connectivity index (χ2v) is 5.30. The van der Waals surface area contributed by atoms with Crippen molar-refractivity contribution in [2.24, 2.45) is 0 Å². The number of hydrogen-bond acceptors (Lipinski definition) is 3. The normalized spacial score (nSPS) is 10.3. The molecule has 3 nitrogen and oxygen atoms in total. The highest BCUT2D eigenvalue weighted by atomic mass is 79.9. The van der Waals surface area contributed by atoms with Gasteiger partial charge in [-0.15, -0.1) is 0 Å². The van der Waals surface area contributed by atoms with Crippen molar-refractivity contribution in [3.05, 3.63) is 57.3 Å². The minimum absolute atomic E-state index is 0.103. The first kappa shape index (κ1) is 15.5. The van der Waals surface area contributed by atoms with E-state index in [0.717, 1.165) is 10.0 Å². The van der Waals surface area contributed by atoms with E-state index >= 15 is 0 Å². The van der Waals surface area contributed by atoms with E-state index in [9.17, 15) is 9.18 Å². The first-order chi connectivity index (χ1) is 9.99. The van der Waals surface area contributed by atoms with Gasteiger partial charge in [-0.1, -0.05) is 22.0 Å². The van der Waals surface area contributed by atoms with Crippen LogP contribution in [0.2, 0.25) is 0 Å². The summed E-state index contributed by atoms with van der Waals surface area (Å²) in [7, 11) is 2.87. The van der Waals surface area contributed by atoms with Gasteiger partial charge in [0, 0.05) is 4.47 Å². The Hall–Kier alpha value is -1.88. The first-order valence-electron chi connectivity index (χ1n) is 6.21. The fourth-order valence-corrected chi connectivity index (χ4v) is 2.37. The molecule has 0 N–H and O–H groups in total. The van der Waals surface area contributed by atoms with Gasteiger partial charge in [-0.25, -0.2) is 4.39 Å². The molecule has 2 aromatic rings. The zero-order valence-corrected chi connectivity index (χ0v) is 13.5. The third kappa shape index (κ3) is 2.93. The zero-order chi connectivity index (χ0) is 15.6. The van der Waals surface area contributed by atoms with Gasteiger partial charge in [0.05, 0.1) is 19.8 Å². The molecule has 0 amide bonds. The van der Waals surface area contributed by atoms with Crippen LogP contribution in [0.5, 0.6) is 11.5 Å². The van der Waals surface area contributed by atoms with Gasteiger partial charge in [-0.05, 0) is 36.8 Å². The standard InChI is InChI=1S/C16H14BrFO3/c1-9-7-14(21-3)10(8-11(9)17)16(19)15-12(18)5-4-6-13(15)20-2/h4-8H,1-3H3. The van der Waals surface area contributed by atoms with Crippen LogP contribution in [-0.4, -0.2) is 20.0 Å². The highest BCUT2D eigenvalue weighted by Gasteiger charge is 2.23. The number of carbonyl (C=O) groups excluding carboxylic acids is 1. The average molecular weight is 353 g/mol.